The van der Waals surface area contributed by atoms with Crippen molar-refractivity contribution >= 4 is 35.5 Å². The molecule has 0 radical (unpaired) electrons. The van der Waals surface area contributed by atoms with E-state index in [1.165, 1.54) is 6.07 Å². The molecular weight excluding hydrogens is 646 g/mol. The summed E-state index contributed by atoms with van der Waals surface area (Å²) in [6.07, 6.45) is 7.28. The predicted molar refractivity (Wildman–Crippen MR) is 171 cm³/mol. The van der Waals surface area contributed by atoms with Crippen LogP contribution in [0.2, 0.25) is 5.02 Å². The Balaban J connectivity index is 1.24. The molecule has 3 N–H and O–H groups in total. The average molecular weight is 688 g/mol. The van der Waals surface area contributed by atoms with Crippen molar-refractivity contribution in [2.24, 2.45) is 11.8 Å². The lowest BCUT2D eigenvalue weighted by Gasteiger charge is -2.27. The van der Waals surface area contributed by atoms with Crippen LogP contribution in [-0.2, 0) is 39.8 Å². The number of hydrogen-bond acceptors (Lipinski definition) is 11. The minimum Gasteiger partial charge on any atom is -0.475 e. The van der Waals surface area contributed by atoms with E-state index < -0.39 is 54.1 Å². The SMILES string of the molecule is CC(Cc1ccc2c(c1)OC(C(=O)O)(C(=O)OC(OC(=O)C1CCCCC1)OC(=O)C1CCCCC1)O2)NCC(O)c1cccc(Cl)c1. The van der Waals surface area contributed by atoms with E-state index in [2.05, 4.69) is 5.32 Å². The zero-order chi connectivity index (χ0) is 34.3. The van der Waals surface area contributed by atoms with Gasteiger partial charge >= 0.3 is 36.1 Å². The van der Waals surface area contributed by atoms with Gasteiger partial charge in [-0.05, 0) is 74.4 Å². The molecular formula is C35H42ClNO11. The van der Waals surface area contributed by atoms with Crippen molar-refractivity contribution in [2.45, 2.75) is 102 Å². The normalized spacial score (nSPS) is 20.9. The van der Waals surface area contributed by atoms with Gasteiger partial charge in [-0.2, -0.15) is 0 Å². The lowest BCUT2D eigenvalue weighted by molar-refractivity contribution is -0.273. The molecule has 12 nitrogen and oxygen atoms in total. The molecule has 0 amide bonds. The summed E-state index contributed by atoms with van der Waals surface area (Å²) in [7, 11) is 0. The molecule has 48 heavy (non-hydrogen) atoms. The van der Waals surface area contributed by atoms with E-state index in [-0.39, 0.29) is 24.1 Å². The quantitative estimate of drug-likeness (QED) is 0.143. The van der Waals surface area contributed by atoms with Crippen molar-refractivity contribution in [3.8, 4) is 11.5 Å². The largest absolute Gasteiger partial charge is 0.475 e. The van der Waals surface area contributed by atoms with Crippen LogP contribution in [0.4, 0.5) is 0 Å². The molecule has 2 saturated carbocycles. The summed E-state index contributed by atoms with van der Waals surface area (Å²) in [4.78, 5) is 51.9. The van der Waals surface area contributed by atoms with Gasteiger partial charge in [0.05, 0.1) is 17.9 Å². The maximum absolute atomic E-state index is 13.5. The van der Waals surface area contributed by atoms with E-state index in [0.717, 1.165) is 44.1 Å². The second-order valence-electron chi connectivity index (χ2n) is 12.7. The molecule has 260 valence electrons. The monoisotopic (exact) mass is 687 g/mol. The average Bonchev–Trinajstić information content (AvgIpc) is 3.48. The topological polar surface area (TPSA) is 167 Å². The number of aliphatic hydroxyl groups is 1. The van der Waals surface area contributed by atoms with Gasteiger partial charge in [0.1, 0.15) is 0 Å². The first-order valence-electron chi connectivity index (χ1n) is 16.6. The Morgan fingerprint density at radius 3 is 2.06 bits per heavy atom. The van der Waals surface area contributed by atoms with Crippen LogP contribution < -0.4 is 14.8 Å². The molecule has 1 aliphatic heterocycles. The molecule has 2 fully saturated rings. The van der Waals surface area contributed by atoms with Crippen LogP contribution in [0.15, 0.2) is 42.5 Å². The highest BCUT2D eigenvalue weighted by Gasteiger charge is 2.60. The molecule has 0 bridgehead atoms. The highest BCUT2D eigenvalue weighted by Crippen LogP contribution is 2.41. The van der Waals surface area contributed by atoms with Gasteiger partial charge in [0, 0.05) is 17.6 Å². The number of nitrogens with one attached hydrogen (secondary N) is 1. The number of rotatable bonds is 13. The number of carboxylic acid groups (broad SMARTS) is 1. The minimum absolute atomic E-state index is 0.0204. The first-order valence-corrected chi connectivity index (χ1v) is 16.9. The first kappa shape index (κ1) is 35.4. The third-order valence-corrected chi connectivity index (χ3v) is 9.24. The molecule has 2 aromatic carbocycles. The van der Waals surface area contributed by atoms with Crippen LogP contribution in [0.3, 0.4) is 0 Å². The summed E-state index contributed by atoms with van der Waals surface area (Å²) in [5.41, 5.74) is 1.40. The van der Waals surface area contributed by atoms with Gasteiger partial charge in [-0.3, -0.25) is 9.59 Å². The van der Waals surface area contributed by atoms with Gasteiger partial charge in [0.2, 0.25) is 0 Å². The van der Waals surface area contributed by atoms with Crippen molar-refractivity contribution in [3.05, 3.63) is 58.6 Å². The number of carbonyl (C=O) groups excluding carboxylic acids is 3. The Morgan fingerprint density at radius 2 is 1.48 bits per heavy atom. The van der Waals surface area contributed by atoms with Crippen LogP contribution >= 0.6 is 11.6 Å². The molecule has 0 saturated heterocycles. The fourth-order valence-corrected chi connectivity index (χ4v) is 6.50. The van der Waals surface area contributed by atoms with E-state index in [1.807, 2.05) is 6.92 Å². The van der Waals surface area contributed by atoms with E-state index in [9.17, 15) is 29.4 Å². The molecule has 2 aliphatic carbocycles. The van der Waals surface area contributed by atoms with Crippen LogP contribution in [0.25, 0.3) is 0 Å². The van der Waals surface area contributed by atoms with Crippen molar-refractivity contribution < 1.29 is 53.1 Å². The Morgan fingerprint density at radius 1 is 0.875 bits per heavy atom. The number of hydrogen-bond donors (Lipinski definition) is 3. The Labute approximate surface area is 284 Å². The fraction of sp³-hybridized carbons (Fsp3) is 0.543. The Hall–Kier alpha value is -3.87. The zero-order valence-corrected chi connectivity index (χ0v) is 27.6. The number of fused-ring (bicyclic) bond motifs is 1. The molecule has 3 unspecified atom stereocenters. The summed E-state index contributed by atoms with van der Waals surface area (Å²) in [5, 5.41) is 24.4. The first-order chi connectivity index (χ1) is 23.0. The highest BCUT2D eigenvalue weighted by atomic mass is 35.5. The third-order valence-electron chi connectivity index (χ3n) is 9.01. The van der Waals surface area contributed by atoms with Gasteiger partial charge in [-0.15, -0.1) is 0 Å². The molecule has 13 heteroatoms. The van der Waals surface area contributed by atoms with Crippen LogP contribution in [-0.4, -0.2) is 58.9 Å². The number of aliphatic carboxylic acids is 1. The highest BCUT2D eigenvalue weighted by molar-refractivity contribution is 6.30. The number of esters is 3. The van der Waals surface area contributed by atoms with E-state index >= 15 is 0 Å². The van der Waals surface area contributed by atoms with E-state index in [1.54, 1.807) is 36.4 Å². The van der Waals surface area contributed by atoms with Crippen molar-refractivity contribution in [1.29, 1.82) is 0 Å². The van der Waals surface area contributed by atoms with Gasteiger partial charge in [0.25, 0.3) is 0 Å². The number of carbonyl (C=O) groups is 4. The Kier molecular flexibility index (Phi) is 11.8. The minimum atomic E-state index is -2.97. The predicted octanol–water partition coefficient (Wildman–Crippen LogP) is 5.22. The molecule has 2 aromatic rings. The fourth-order valence-electron chi connectivity index (χ4n) is 6.30. The lowest BCUT2D eigenvalue weighted by atomic mass is 9.89. The molecule has 5 rings (SSSR count). The van der Waals surface area contributed by atoms with E-state index in [4.69, 9.17) is 35.3 Å². The van der Waals surface area contributed by atoms with E-state index in [0.29, 0.717) is 42.7 Å². The number of carboxylic acids is 1. The smallest absolute Gasteiger partial charge is 0.453 e. The summed E-state index contributed by atoms with van der Waals surface area (Å²) in [6.45, 7) is 0.0632. The zero-order valence-electron chi connectivity index (χ0n) is 26.9. The summed E-state index contributed by atoms with van der Waals surface area (Å²) in [6, 6.07) is 11.6. The van der Waals surface area contributed by atoms with Gasteiger partial charge in [0.15, 0.2) is 11.5 Å². The van der Waals surface area contributed by atoms with Crippen LogP contribution in [0.1, 0.15) is 88.4 Å². The number of aliphatic hydroxyl groups excluding tert-OH is 1. The summed E-state index contributed by atoms with van der Waals surface area (Å²) < 4.78 is 27.1. The van der Waals surface area contributed by atoms with Crippen molar-refractivity contribution in [1.82, 2.24) is 5.32 Å². The second-order valence-corrected chi connectivity index (χ2v) is 13.2. The molecule has 1 heterocycles. The summed E-state index contributed by atoms with van der Waals surface area (Å²) in [5.74, 6) is -8.70. The second kappa shape index (κ2) is 16.0. The third kappa shape index (κ3) is 8.77. The van der Waals surface area contributed by atoms with Crippen LogP contribution in [0, 0.1) is 11.8 Å². The van der Waals surface area contributed by atoms with Crippen molar-refractivity contribution in [3.63, 3.8) is 0 Å². The maximum Gasteiger partial charge on any atom is 0.453 e. The van der Waals surface area contributed by atoms with Gasteiger partial charge < -0.3 is 39.2 Å². The number of halogens is 1. The molecule has 0 aromatic heterocycles. The standard InChI is InChI=1S/C35H42ClNO11/c1-21(37-20-27(38)25-13-8-14-26(36)19-25)17-22-15-16-28-29(18-22)48-35(47-28,32(41)42)33(43)46-34(44-30(39)23-9-4-2-5-10-23)45-31(40)24-11-6-3-7-12-24/h8,13-16,18-19,21,23-24,27,34,37-38H,2-7,9-12,17,20H2,1H3,(H,41,42). The van der Waals surface area contributed by atoms with Gasteiger partial charge in [-0.1, -0.05) is 68.3 Å². The lowest BCUT2D eigenvalue weighted by Crippen LogP contribution is -2.56. The maximum atomic E-state index is 13.5. The van der Waals surface area contributed by atoms with Crippen LogP contribution in [0.5, 0.6) is 11.5 Å². The number of ether oxygens (including phenoxy) is 5. The van der Waals surface area contributed by atoms with Crippen molar-refractivity contribution in [2.75, 3.05) is 6.54 Å². The summed E-state index contributed by atoms with van der Waals surface area (Å²) >= 11 is 6.03. The molecule has 0 spiro atoms. The Bertz CT molecular complexity index is 1440. The number of benzene rings is 2. The molecule has 3 aliphatic rings. The molecule has 3 atom stereocenters. The van der Waals surface area contributed by atoms with Gasteiger partial charge in [-0.25, -0.2) is 9.59 Å².